The molecule has 0 bridgehead atoms. The van der Waals surface area contributed by atoms with Crippen LogP contribution in [0.15, 0.2) is 28.9 Å². The molecular formula is C9H11N3O. The van der Waals surface area contributed by atoms with Crippen molar-refractivity contribution in [1.82, 2.24) is 9.78 Å². The van der Waals surface area contributed by atoms with Gasteiger partial charge in [0.1, 0.15) is 11.5 Å². The zero-order chi connectivity index (χ0) is 9.26. The van der Waals surface area contributed by atoms with Gasteiger partial charge in [0.2, 0.25) is 0 Å². The highest BCUT2D eigenvalue weighted by Gasteiger charge is 2.04. The molecule has 0 radical (unpaired) electrons. The predicted molar refractivity (Wildman–Crippen MR) is 48.8 cm³/mol. The van der Waals surface area contributed by atoms with E-state index in [1.165, 1.54) is 0 Å². The van der Waals surface area contributed by atoms with Crippen LogP contribution in [0.3, 0.4) is 0 Å². The topological polar surface area (TPSA) is 57.0 Å². The molecule has 0 saturated heterocycles. The van der Waals surface area contributed by atoms with Crippen molar-refractivity contribution in [3.63, 3.8) is 0 Å². The second-order valence-corrected chi connectivity index (χ2v) is 2.87. The summed E-state index contributed by atoms with van der Waals surface area (Å²) < 4.78 is 7.19. The molecule has 0 atom stereocenters. The van der Waals surface area contributed by atoms with E-state index in [0.29, 0.717) is 6.54 Å². The van der Waals surface area contributed by atoms with E-state index in [0.717, 1.165) is 17.1 Å². The summed E-state index contributed by atoms with van der Waals surface area (Å²) in [7, 11) is 1.87. The van der Waals surface area contributed by atoms with E-state index in [4.69, 9.17) is 10.2 Å². The van der Waals surface area contributed by atoms with Crippen molar-refractivity contribution < 1.29 is 4.42 Å². The largest absolute Gasteiger partial charge is 0.460 e. The first-order valence-electron chi connectivity index (χ1n) is 4.07. The van der Waals surface area contributed by atoms with Crippen LogP contribution in [0.25, 0.3) is 11.3 Å². The van der Waals surface area contributed by atoms with E-state index in [2.05, 4.69) is 5.10 Å². The van der Waals surface area contributed by atoms with Crippen LogP contribution in [-0.4, -0.2) is 9.78 Å². The van der Waals surface area contributed by atoms with Crippen LogP contribution >= 0.6 is 0 Å². The Morgan fingerprint density at radius 1 is 1.54 bits per heavy atom. The second-order valence-electron chi connectivity index (χ2n) is 2.87. The normalized spacial score (nSPS) is 10.6. The Labute approximate surface area is 76.0 Å². The van der Waals surface area contributed by atoms with Gasteiger partial charge < -0.3 is 10.2 Å². The fourth-order valence-corrected chi connectivity index (χ4v) is 1.19. The lowest BCUT2D eigenvalue weighted by Gasteiger charge is -1.89. The number of aryl methyl sites for hydroxylation is 1. The van der Waals surface area contributed by atoms with Crippen LogP contribution in [0.5, 0.6) is 0 Å². The molecule has 0 aliphatic heterocycles. The second kappa shape index (κ2) is 3.06. The Balaban J connectivity index is 2.35. The van der Waals surface area contributed by atoms with Gasteiger partial charge in [-0.05, 0) is 12.1 Å². The molecule has 2 aromatic heterocycles. The molecule has 0 aliphatic carbocycles. The summed E-state index contributed by atoms with van der Waals surface area (Å²) in [5, 5.41) is 4.05. The highest BCUT2D eigenvalue weighted by atomic mass is 16.3. The summed E-state index contributed by atoms with van der Waals surface area (Å²) >= 11 is 0. The maximum absolute atomic E-state index is 5.45. The molecule has 0 saturated carbocycles. The minimum atomic E-state index is 0.431. The zero-order valence-corrected chi connectivity index (χ0v) is 7.40. The predicted octanol–water partition coefficient (Wildman–Crippen LogP) is 1.14. The Morgan fingerprint density at radius 3 is 2.92 bits per heavy atom. The molecule has 0 unspecified atom stereocenters. The van der Waals surface area contributed by atoms with Gasteiger partial charge in [-0.25, -0.2) is 0 Å². The first kappa shape index (κ1) is 8.07. The van der Waals surface area contributed by atoms with Gasteiger partial charge >= 0.3 is 0 Å². The van der Waals surface area contributed by atoms with Crippen LogP contribution in [0.1, 0.15) is 5.76 Å². The summed E-state index contributed by atoms with van der Waals surface area (Å²) in [5.41, 5.74) is 6.41. The van der Waals surface area contributed by atoms with Gasteiger partial charge in [0.15, 0.2) is 0 Å². The SMILES string of the molecule is Cn1cc(-c2ccc(CN)o2)cn1. The van der Waals surface area contributed by atoms with E-state index >= 15 is 0 Å². The molecule has 4 heteroatoms. The third-order valence-electron chi connectivity index (χ3n) is 1.85. The Morgan fingerprint density at radius 2 is 2.38 bits per heavy atom. The number of nitrogens with zero attached hydrogens (tertiary/aromatic N) is 2. The maximum atomic E-state index is 5.45. The first-order chi connectivity index (χ1) is 6.29. The van der Waals surface area contributed by atoms with E-state index < -0.39 is 0 Å². The quantitative estimate of drug-likeness (QED) is 0.748. The molecule has 4 nitrogen and oxygen atoms in total. The van der Waals surface area contributed by atoms with Crippen molar-refractivity contribution in [3.05, 3.63) is 30.3 Å². The molecule has 2 aromatic rings. The van der Waals surface area contributed by atoms with Crippen LogP contribution in [0.2, 0.25) is 0 Å². The third kappa shape index (κ3) is 1.48. The molecule has 13 heavy (non-hydrogen) atoms. The van der Waals surface area contributed by atoms with E-state index in [1.807, 2.05) is 25.4 Å². The minimum absolute atomic E-state index is 0.431. The fourth-order valence-electron chi connectivity index (χ4n) is 1.19. The molecule has 2 rings (SSSR count). The summed E-state index contributed by atoms with van der Waals surface area (Å²) in [6.45, 7) is 0.431. The van der Waals surface area contributed by atoms with Crippen LogP contribution in [-0.2, 0) is 13.6 Å². The molecule has 0 amide bonds. The first-order valence-corrected chi connectivity index (χ1v) is 4.07. The van der Waals surface area contributed by atoms with Crippen LogP contribution < -0.4 is 5.73 Å². The molecule has 0 fully saturated rings. The molecule has 0 spiro atoms. The van der Waals surface area contributed by atoms with Gasteiger partial charge in [0.25, 0.3) is 0 Å². The van der Waals surface area contributed by atoms with Gasteiger partial charge in [0.05, 0.1) is 18.3 Å². The fraction of sp³-hybridized carbons (Fsp3) is 0.222. The van der Waals surface area contributed by atoms with E-state index in [-0.39, 0.29) is 0 Å². The minimum Gasteiger partial charge on any atom is -0.460 e. The van der Waals surface area contributed by atoms with Gasteiger partial charge in [-0.3, -0.25) is 4.68 Å². The lowest BCUT2D eigenvalue weighted by atomic mass is 10.3. The van der Waals surface area contributed by atoms with Gasteiger partial charge in [0, 0.05) is 13.2 Å². The van der Waals surface area contributed by atoms with Crippen molar-refractivity contribution in [2.45, 2.75) is 6.54 Å². The molecule has 68 valence electrons. The van der Waals surface area contributed by atoms with Crippen molar-refractivity contribution in [1.29, 1.82) is 0 Å². The Hall–Kier alpha value is -1.55. The number of hydrogen-bond donors (Lipinski definition) is 1. The molecule has 0 aliphatic rings. The molecular weight excluding hydrogens is 166 g/mol. The lowest BCUT2D eigenvalue weighted by Crippen LogP contribution is -1.92. The number of aromatic nitrogens is 2. The summed E-state index contributed by atoms with van der Waals surface area (Å²) in [4.78, 5) is 0. The average molecular weight is 177 g/mol. The summed E-state index contributed by atoms with van der Waals surface area (Å²) in [6.07, 6.45) is 3.66. The van der Waals surface area contributed by atoms with Crippen molar-refractivity contribution in [2.24, 2.45) is 12.8 Å². The summed E-state index contributed by atoms with van der Waals surface area (Å²) in [6, 6.07) is 3.78. The number of furan rings is 1. The van der Waals surface area contributed by atoms with Crippen LogP contribution in [0, 0.1) is 0 Å². The molecule has 2 heterocycles. The monoisotopic (exact) mass is 177 g/mol. The van der Waals surface area contributed by atoms with Crippen LogP contribution in [0.4, 0.5) is 0 Å². The summed E-state index contributed by atoms with van der Waals surface area (Å²) in [5.74, 6) is 1.60. The maximum Gasteiger partial charge on any atom is 0.137 e. The Kier molecular flexibility index (Phi) is 1.90. The standard InChI is InChI=1S/C9H11N3O/c1-12-6-7(5-11-12)9-3-2-8(4-10)13-9/h2-3,5-6H,4,10H2,1H3. The molecule has 2 N–H and O–H groups in total. The van der Waals surface area contributed by atoms with Gasteiger partial charge in [-0.2, -0.15) is 5.10 Å². The zero-order valence-electron chi connectivity index (χ0n) is 7.40. The molecule has 0 aromatic carbocycles. The number of rotatable bonds is 2. The lowest BCUT2D eigenvalue weighted by molar-refractivity contribution is 0.525. The van der Waals surface area contributed by atoms with E-state index in [1.54, 1.807) is 10.9 Å². The van der Waals surface area contributed by atoms with Gasteiger partial charge in [-0.1, -0.05) is 0 Å². The van der Waals surface area contributed by atoms with Gasteiger partial charge in [-0.15, -0.1) is 0 Å². The van der Waals surface area contributed by atoms with Crippen molar-refractivity contribution in [3.8, 4) is 11.3 Å². The number of hydrogen-bond acceptors (Lipinski definition) is 3. The smallest absolute Gasteiger partial charge is 0.137 e. The van der Waals surface area contributed by atoms with Crippen molar-refractivity contribution >= 4 is 0 Å². The highest BCUT2D eigenvalue weighted by Crippen LogP contribution is 2.20. The number of nitrogens with two attached hydrogens (primary N) is 1. The Bertz CT molecular complexity index is 402. The highest BCUT2D eigenvalue weighted by molar-refractivity contribution is 5.54. The average Bonchev–Trinajstić information content (AvgIpc) is 2.71. The third-order valence-corrected chi connectivity index (χ3v) is 1.85. The van der Waals surface area contributed by atoms with Crippen molar-refractivity contribution in [2.75, 3.05) is 0 Å². The van der Waals surface area contributed by atoms with E-state index in [9.17, 15) is 0 Å².